The average molecular weight is 355 g/mol. The first-order valence-corrected chi connectivity index (χ1v) is 10.3. The molecule has 0 bridgehead atoms. The van der Waals surface area contributed by atoms with Crippen LogP contribution in [0, 0.1) is 0 Å². The van der Waals surface area contributed by atoms with E-state index in [1.807, 2.05) is 0 Å². The number of hydrogen-bond donors (Lipinski definition) is 1. The van der Waals surface area contributed by atoms with Crippen molar-refractivity contribution in [3.05, 3.63) is 0 Å². The first-order valence-electron chi connectivity index (χ1n) is 10.3. The van der Waals surface area contributed by atoms with Gasteiger partial charge in [0.25, 0.3) is 0 Å². The lowest BCUT2D eigenvalue weighted by molar-refractivity contribution is -0.929. The Morgan fingerprint density at radius 3 is 0.875 bits per heavy atom. The zero-order valence-corrected chi connectivity index (χ0v) is 17.5. The second-order valence-electron chi connectivity index (χ2n) is 6.86. The number of quaternary nitrogens is 2. The normalized spacial score (nSPS) is 10.2. The predicted octanol–water partition coefficient (Wildman–Crippen LogP) is -0.960. The van der Waals surface area contributed by atoms with Crippen molar-refractivity contribution in [2.45, 2.75) is 98.8 Å². The maximum atomic E-state index is 3.68. The van der Waals surface area contributed by atoms with Crippen molar-refractivity contribution in [1.82, 2.24) is 0 Å². The molecule has 0 aliphatic heterocycles. The minimum atomic E-state index is 0. The second-order valence-corrected chi connectivity index (χ2v) is 6.86. The molecule has 0 atom stereocenters. The van der Waals surface area contributed by atoms with E-state index >= 15 is 0 Å². The fourth-order valence-corrected chi connectivity index (χ4v) is 2.89. The molecule has 152 valence electrons. The van der Waals surface area contributed by atoms with Gasteiger partial charge in [0.1, 0.15) is 0 Å². The van der Waals surface area contributed by atoms with E-state index in [0.29, 0.717) is 0 Å². The summed E-state index contributed by atoms with van der Waals surface area (Å²) < 4.78 is 1.42. The van der Waals surface area contributed by atoms with Gasteiger partial charge in [0.2, 0.25) is 0 Å². The quantitative estimate of drug-likeness (QED) is 0.389. The van der Waals surface area contributed by atoms with E-state index in [1.165, 1.54) is 94.9 Å². The average Bonchev–Trinajstić information content (AvgIpc) is 2.55. The molecule has 0 spiro atoms. The van der Waals surface area contributed by atoms with E-state index in [9.17, 15) is 0 Å². The van der Waals surface area contributed by atoms with Crippen LogP contribution in [0.15, 0.2) is 0 Å². The molecule has 2 nitrogen and oxygen atoms in total. The summed E-state index contributed by atoms with van der Waals surface area (Å²) >= 11 is 0. The van der Waals surface area contributed by atoms with Gasteiger partial charge in [-0.25, -0.2) is 0 Å². The summed E-state index contributed by atoms with van der Waals surface area (Å²) in [6.45, 7) is 18.3. The lowest BCUT2D eigenvalue weighted by Crippen LogP contribution is -3.00. The van der Waals surface area contributed by atoms with Gasteiger partial charge in [-0.15, -0.1) is 0 Å². The van der Waals surface area contributed by atoms with Crippen LogP contribution in [0.2, 0.25) is 0 Å². The van der Waals surface area contributed by atoms with Gasteiger partial charge in [0.15, 0.2) is 0 Å². The van der Waals surface area contributed by atoms with Gasteiger partial charge >= 0.3 is 0 Å². The largest absolute Gasteiger partial charge is 1.00 e. The van der Waals surface area contributed by atoms with Crippen molar-refractivity contribution in [2.75, 3.05) is 32.7 Å². The van der Waals surface area contributed by atoms with Crippen LogP contribution in [-0.2, 0) is 0 Å². The molecule has 0 saturated heterocycles. The SMILES string of the molecule is CCCC[N+](CCCC)(CCCC)CCCC.CCCC[NH3+].[F-].[F-]. The topological polar surface area (TPSA) is 27.6 Å². The Morgan fingerprint density at radius 1 is 0.500 bits per heavy atom. The number of unbranched alkanes of at least 4 members (excludes halogenated alkanes) is 5. The summed E-state index contributed by atoms with van der Waals surface area (Å²) in [5.74, 6) is 0. The minimum absolute atomic E-state index is 0. The van der Waals surface area contributed by atoms with Crippen LogP contribution in [0.3, 0.4) is 0 Å². The highest BCUT2D eigenvalue weighted by atomic mass is 19.0. The van der Waals surface area contributed by atoms with Crippen LogP contribution in [0.4, 0.5) is 0 Å². The monoisotopic (exact) mass is 354 g/mol. The van der Waals surface area contributed by atoms with E-state index in [-0.39, 0.29) is 9.41 Å². The minimum Gasteiger partial charge on any atom is -1.00 e. The molecular weight excluding hydrogens is 306 g/mol. The van der Waals surface area contributed by atoms with Gasteiger partial charge in [0.05, 0.1) is 32.7 Å². The van der Waals surface area contributed by atoms with Crippen LogP contribution < -0.4 is 15.1 Å². The Hall–Kier alpha value is -0.220. The highest BCUT2D eigenvalue weighted by Gasteiger charge is 2.24. The number of nitrogens with zero attached hydrogens (tertiary/aromatic N) is 1. The molecule has 3 N–H and O–H groups in total. The summed E-state index contributed by atoms with van der Waals surface area (Å²) in [7, 11) is 0. The smallest absolute Gasteiger partial charge is 0.0786 e. The van der Waals surface area contributed by atoms with E-state index in [1.54, 1.807) is 0 Å². The molecule has 0 saturated carbocycles. The fraction of sp³-hybridized carbons (Fsp3) is 1.00. The fourth-order valence-electron chi connectivity index (χ4n) is 2.89. The van der Waals surface area contributed by atoms with Crippen LogP contribution in [0.25, 0.3) is 0 Å². The van der Waals surface area contributed by atoms with Crippen molar-refractivity contribution < 1.29 is 19.6 Å². The maximum Gasteiger partial charge on any atom is 0.0786 e. The molecule has 0 rings (SSSR count). The van der Waals surface area contributed by atoms with Gasteiger partial charge in [-0.1, -0.05) is 66.7 Å². The molecule has 0 aromatic heterocycles. The number of halogens is 2. The number of rotatable bonds is 14. The Bertz CT molecular complexity index is 163. The summed E-state index contributed by atoms with van der Waals surface area (Å²) in [5.41, 5.74) is 3.68. The summed E-state index contributed by atoms with van der Waals surface area (Å²) in [5, 5.41) is 0. The van der Waals surface area contributed by atoms with Crippen molar-refractivity contribution in [3.63, 3.8) is 0 Å². The van der Waals surface area contributed by atoms with Crippen molar-refractivity contribution in [2.24, 2.45) is 0 Å². The van der Waals surface area contributed by atoms with Gasteiger partial charge in [-0.3, -0.25) is 0 Å². The van der Waals surface area contributed by atoms with Crippen LogP contribution in [-0.4, -0.2) is 37.2 Å². The molecule has 0 radical (unpaired) electrons. The second kappa shape index (κ2) is 25.0. The Kier molecular flexibility index (Phi) is 32.9. The summed E-state index contributed by atoms with van der Waals surface area (Å²) in [6, 6.07) is 0. The molecule has 4 heteroatoms. The molecule has 0 aliphatic carbocycles. The van der Waals surface area contributed by atoms with Gasteiger partial charge in [-0.05, 0) is 32.1 Å². The van der Waals surface area contributed by atoms with Gasteiger partial charge in [0, 0.05) is 0 Å². The molecule has 0 heterocycles. The standard InChI is InChI=1S/C16H36N.C4H11N.2FH/c1-5-9-13-17(14-10-6-2,15-11-7-3)16-12-8-4;1-2-3-4-5;;/h5-16H2,1-4H3;2-5H2,1H3;2*1H/q+1;;;/p-1. The van der Waals surface area contributed by atoms with E-state index in [4.69, 9.17) is 0 Å². The zero-order chi connectivity index (χ0) is 17.1. The molecule has 0 amide bonds. The number of hydrogen-bond acceptors (Lipinski definition) is 0. The first kappa shape index (κ1) is 31.5. The van der Waals surface area contributed by atoms with Crippen LogP contribution in [0.1, 0.15) is 98.8 Å². The third-order valence-corrected chi connectivity index (χ3v) is 4.55. The van der Waals surface area contributed by atoms with E-state index < -0.39 is 0 Å². The zero-order valence-electron chi connectivity index (χ0n) is 17.5. The van der Waals surface area contributed by atoms with Crippen molar-refractivity contribution in [3.8, 4) is 0 Å². The van der Waals surface area contributed by atoms with Crippen LogP contribution >= 0.6 is 0 Å². The highest BCUT2D eigenvalue weighted by molar-refractivity contribution is 4.49. The van der Waals surface area contributed by atoms with Crippen molar-refractivity contribution in [1.29, 1.82) is 0 Å². The molecule has 0 fully saturated rings. The Labute approximate surface area is 151 Å². The summed E-state index contributed by atoms with van der Waals surface area (Å²) in [6.07, 6.45) is 13.6. The highest BCUT2D eigenvalue weighted by Crippen LogP contribution is 2.16. The lowest BCUT2D eigenvalue weighted by Gasteiger charge is -2.39. The summed E-state index contributed by atoms with van der Waals surface area (Å²) in [4.78, 5) is 0. The van der Waals surface area contributed by atoms with E-state index in [0.717, 1.165) is 6.54 Å². The molecule has 24 heavy (non-hydrogen) atoms. The first-order chi connectivity index (χ1) is 10.7. The molecular formula is C20H48F2N2. The Balaban J connectivity index is -0.000000250. The van der Waals surface area contributed by atoms with E-state index in [2.05, 4.69) is 40.4 Å². The molecule has 0 aromatic carbocycles. The molecule has 0 aliphatic rings. The third-order valence-electron chi connectivity index (χ3n) is 4.55. The van der Waals surface area contributed by atoms with Gasteiger partial charge in [-0.2, -0.15) is 0 Å². The molecule has 0 aromatic rings. The maximum absolute atomic E-state index is 3.68. The van der Waals surface area contributed by atoms with Crippen molar-refractivity contribution >= 4 is 0 Å². The molecule has 0 unspecified atom stereocenters. The predicted molar refractivity (Wildman–Crippen MR) is 102 cm³/mol. The Morgan fingerprint density at radius 2 is 0.750 bits per heavy atom. The third kappa shape index (κ3) is 19.8. The van der Waals surface area contributed by atoms with Crippen LogP contribution in [0.5, 0.6) is 0 Å². The van der Waals surface area contributed by atoms with Gasteiger partial charge < -0.3 is 19.6 Å². The lowest BCUT2D eigenvalue weighted by atomic mass is 10.1.